The number of pyridine rings is 1. The normalized spacial score (nSPS) is 17.5. The van der Waals surface area contributed by atoms with Gasteiger partial charge < -0.3 is 14.6 Å². The Bertz CT molecular complexity index is 1440. The quantitative estimate of drug-likeness (QED) is 0.301. The van der Waals surface area contributed by atoms with Gasteiger partial charge in [-0.1, -0.05) is 0 Å². The molecule has 0 spiro atoms. The molecule has 1 aromatic heterocycles. The van der Waals surface area contributed by atoms with Gasteiger partial charge in [-0.25, -0.2) is 13.6 Å². The molecule has 1 amide bonds. The number of ketones is 1. The van der Waals surface area contributed by atoms with Gasteiger partial charge >= 0.3 is 0 Å². The van der Waals surface area contributed by atoms with Gasteiger partial charge in [-0.15, -0.1) is 0 Å². The van der Waals surface area contributed by atoms with Crippen LogP contribution in [0.5, 0.6) is 11.5 Å². The average molecular weight is 496 g/mol. The number of anilines is 1. The van der Waals surface area contributed by atoms with Crippen LogP contribution in [0.3, 0.4) is 0 Å². The highest BCUT2D eigenvalue weighted by atomic mass is 32.2. The number of Topliss-reactive ketones (excluding diaryl/α,β-unsaturated/α-hetero) is 1. The van der Waals surface area contributed by atoms with E-state index in [-0.39, 0.29) is 27.5 Å². The molecule has 1 fully saturated rings. The monoisotopic (exact) mass is 495 g/mol. The molecule has 1 aliphatic heterocycles. The second-order valence-electron chi connectivity index (χ2n) is 7.55. The maximum atomic E-state index is 13.2. The number of carbonyl (C=O) groups excluding carboxylic acids is 2. The highest BCUT2D eigenvalue weighted by Crippen LogP contribution is 2.43. The highest BCUT2D eigenvalue weighted by molar-refractivity contribution is 7.89. The first kappa shape index (κ1) is 23.9. The van der Waals surface area contributed by atoms with Crippen LogP contribution in [0.1, 0.15) is 17.2 Å². The summed E-state index contributed by atoms with van der Waals surface area (Å²) in [5.41, 5.74) is 0.765. The van der Waals surface area contributed by atoms with E-state index in [4.69, 9.17) is 14.6 Å². The van der Waals surface area contributed by atoms with Gasteiger partial charge in [0.1, 0.15) is 17.3 Å². The number of hydrogen-bond donors (Lipinski definition) is 2. The summed E-state index contributed by atoms with van der Waals surface area (Å²) in [6, 6.07) is 12.1. The third kappa shape index (κ3) is 4.34. The Morgan fingerprint density at radius 3 is 2.23 bits per heavy atom. The van der Waals surface area contributed by atoms with E-state index in [0.29, 0.717) is 11.3 Å². The molecule has 4 rings (SSSR count). The minimum absolute atomic E-state index is 0.152. The summed E-state index contributed by atoms with van der Waals surface area (Å²) in [6.07, 6.45) is 2.99. The lowest BCUT2D eigenvalue weighted by atomic mass is 9.95. The lowest BCUT2D eigenvalue weighted by molar-refractivity contribution is -0.132. The van der Waals surface area contributed by atoms with Crippen LogP contribution in [-0.2, 0) is 19.6 Å². The second kappa shape index (κ2) is 9.20. The fraction of sp³-hybridized carbons (Fsp3) is 0.125. The van der Waals surface area contributed by atoms with Crippen molar-refractivity contribution in [2.24, 2.45) is 5.14 Å². The van der Waals surface area contributed by atoms with Crippen molar-refractivity contribution in [3.63, 3.8) is 0 Å². The standard InChI is InChI=1S/C24H21N3O7S/c1-33-16-5-8-18(19(13-16)34-2)22(28)20-21(14-9-11-26-12-10-14)27(24(30)23(20)29)15-3-6-17(7-4-15)35(25,31)32/h3-13,21,28H,1-2H3,(H2,25,31,32)/b22-20-. The average Bonchev–Trinajstić information content (AvgIpc) is 3.13. The Morgan fingerprint density at radius 1 is 1.00 bits per heavy atom. The molecule has 180 valence electrons. The summed E-state index contributed by atoms with van der Waals surface area (Å²) in [4.78, 5) is 31.4. The summed E-state index contributed by atoms with van der Waals surface area (Å²) in [5, 5.41) is 16.5. The molecule has 1 aliphatic rings. The van der Waals surface area contributed by atoms with Gasteiger partial charge in [0.15, 0.2) is 0 Å². The van der Waals surface area contributed by atoms with E-state index >= 15 is 0 Å². The number of nitrogens with two attached hydrogens (primary N) is 1. The largest absolute Gasteiger partial charge is 0.507 e. The fourth-order valence-electron chi connectivity index (χ4n) is 3.90. The molecule has 1 unspecified atom stereocenters. The number of sulfonamides is 1. The zero-order valence-electron chi connectivity index (χ0n) is 18.7. The van der Waals surface area contributed by atoms with Gasteiger partial charge in [0.2, 0.25) is 10.0 Å². The van der Waals surface area contributed by atoms with Crippen molar-refractivity contribution in [1.29, 1.82) is 0 Å². The molecule has 1 saturated heterocycles. The number of ether oxygens (including phenoxy) is 2. The van der Waals surface area contributed by atoms with Crippen molar-refractivity contribution in [2.45, 2.75) is 10.9 Å². The van der Waals surface area contributed by atoms with E-state index in [1.165, 1.54) is 61.8 Å². The van der Waals surface area contributed by atoms with Gasteiger partial charge in [0.05, 0.1) is 36.3 Å². The smallest absolute Gasteiger partial charge is 0.300 e. The molecule has 35 heavy (non-hydrogen) atoms. The van der Waals surface area contributed by atoms with Crippen LogP contribution in [-0.4, -0.2) is 44.4 Å². The molecule has 3 N–H and O–H groups in total. The number of carbonyl (C=O) groups is 2. The lowest BCUT2D eigenvalue weighted by Crippen LogP contribution is -2.29. The van der Waals surface area contributed by atoms with E-state index in [9.17, 15) is 23.1 Å². The highest BCUT2D eigenvalue weighted by Gasteiger charge is 2.47. The SMILES string of the molecule is COc1ccc(/C(O)=C2/C(=O)C(=O)N(c3ccc(S(N)(=O)=O)cc3)C2c2ccncc2)c(OC)c1. The first-order chi connectivity index (χ1) is 16.7. The molecule has 2 aromatic carbocycles. The van der Waals surface area contributed by atoms with Gasteiger partial charge in [-0.05, 0) is 54.1 Å². The number of rotatable bonds is 6. The van der Waals surface area contributed by atoms with E-state index < -0.39 is 33.5 Å². The molecule has 10 nitrogen and oxygen atoms in total. The number of aromatic nitrogens is 1. The summed E-state index contributed by atoms with van der Waals surface area (Å²) >= 11 is 0. The Labute approximate surface area is 201 Å². The van der Waals surface area contributed by atoms with Crippen LogP contribution in [0.4, 0.5) is 5.69 Å². The second-order valence-corrected chi connectivity index (χ2v) is 9.12. The minimum atomic E-state index is -3.96. The van der Waals surface area contributed by atoms with E-state index in [0.717, 1.165) is 0 Å². The van der Waals surface area contributed by atoms with Crippen molar-refractivity contribution < 1.29 is 32.6 Å². The van der Waals surface area contributed by atoms with Crippen LogP contribution in [0, 0.1) is 0 Å². The number of amides is 1. The maximum Gasteiger partial charge on any atom is 0.300 e. The van der Waals surface area contributed by atoms with Crippen LogP contribution in [0.15, 0.2) is 77.5 Å². The van der Waals surface area contributed by atoms with E-state index in [2.05, 4.69) is 4.98 Å². The number of hydrogen-bond acceptors (Lipinski definition) is 8. The third-order valence-electron chi connectivity index (χ3n) is 5.57. The first-order valence-corrected chi connectivity index (χ1v) is 11.8. The van der Waals surface area contributed by atoms with Gasteiger partial charge in [-0.3, -0.25) is 19.5 Å². The van der Waals surface area contributed by atoms with E-state index in [1.807, 2.05) is 0 Å². The lowest BCUT2D eigenvalue weighted by Gasteiger charge is -2.25. The molecule has 1 atom stereocenters. The number of aliphatic hydroxyl groups excluding tert-OH is 1. The Kier molecular flexibility index (Phi) is 6.29. The topological polar surface area (TPSA) is 149 Å². The number of primary sulfonamides is 1. The molecule has 0 saturated carbocycles. The first-order valence-electron chi connectivity index (χ1n) is 10.2. The molecule has 0 radical (unpaired) electrons. The maximum absolute atomic E-state index is 13.2. The van der Waals surface area contributed by atoms with Crippen LogP contribution < -0.4 is 19.5 Å². The predicted octanol–water partition coefficient (Wildman–Crippen LogP) is 2.37. The number of nitrogens with zero attached hydrogens (tertiary/aromatic N) is 2. The number of methoxy groups -OCH3 is 2. The molecular weight excluding hydrogens is 474 g/mol. The molecule has 11 heteroatoms. The predicted molar refractivity (Wildman–Crippen MR) is 126 cm³/mol. The fourth-order valence-corrected chi connectivity index (χ4v) is 4.41. The zero-order chi connectivity index (χ0) is 25.3. The van der Waals surface area contributed by atoms with Crippen molar-refractivity contribution in [1.82, 2.24) is 4.98 Å². The van der Waals surface area contributed by atoms with Crippen molar-refractivity contribution in [2.75, 3.05) is 19.1 Å². The molecule has 0 aliphatic carbocycles. The minimum Gasteiger partial charge on any atom is -0.507 e. The molecular formula is C24H21N3O7S. The van der Waals surface area contributed by atoms with Crippen LogP contribution in [0.2, 0.25) is 0 Å². The van der Waals surface area contributed by atoms with E-state index in [1.54, 1.807) is 24.3 Å². The van der Waals surface area contributed by atoms with Crippen molar-refractivity contribution in [3.05, 3.63) is 83.7 Å². The number of aliphatic hydroxyl groups is 1. The van der Waals surface area contributed by atoms with Crippen molar-refractivity contribution >= 4 is 33.2 Å². The van der Waals surface area contributed by atoms with Crippen LogP contribution >= 0.6 is 0 Å². The number of benzene rings is 2. The summed E-state index contributed by atoms with van der Waals surface area (Å²) in [5.74, 6) is -1.55. The van der Waals surface area contributed by atoms with Crippen molar-refractivity contribution in [3.8, 4) is 11.5 Å². The van der Waals surface area contributed by atoms with Crippen LogP contribution in [0.25, 0.3) is 5.76 Å². The molecule has 2 heterocycles. The molecule has 3 aromatic rings. The van der Waals surface area contributed by atoms with Gasteiger partial charge in [0.25, 0.3) is 11.7 Å². The Morgan fingerprint density at radius 2 is 1.66 bits per heavy atom. The summed E-state index contributed by atoms with van der Waals surface area (Å²) in [6.45, 7) is 0. The zero-order valence-corrected chi connectivity index (χ0v) is 19.5. The summed E-state index contributed by atoms with van der Waals surface area (Å²) in [7, 11) is -1.08. The van der Waals surface area contributed by atoms with Gasteiger partial charge in [-0.2, -0.15) is 0 Å². The third-order valence-corrected chi connectivity index (χ3v) is 6.50. The molecule has 0 bridgehead atoms. The summed E-state index contributed by atoms with van der Waals surface area (Å²) < 4.78 is 33.8. The Balaban J connectivity index is 1.93. The Hall–Kier alpha value is -4.22. The van der Waals surface area contributed by atoms with Gasteiger partial charge in [0, 0.05) is 24.1 Å².